The van der Waals surface area contributed by atoms with E-state index in [1.54, 1.807) is 12.4 Å². The van der Waals surface area contributed by atoms with Crippen LogP contribution in [0.15, 0.2) is 18.6 Å². The molecule has 0 saturated carbocycles. The van der Waals surface area contributed by atoms with E-state index in [0.717, 1.165) is 17.2 Å². The zero-order chi connectivity index (χ0) is 9.42. The molecule has 0 spiro atoms. The Balaban J connectivity index is 2.96. The van der Waals surface area contributed by atoms with Gasteiger partial charge in [-0.15, -0.1) is 0 Å². The molecule has 2 aromatic rings. The van der Waals surface area contributed by atoms with Gasteiger partial charge in [0.05, 0.1) is 16.1 Å². The third-order valence-corrected chi connectivity index (χ3v) is 2.29. The summed E-state index contributed by atoms with van der Waals surface area (Å²) in [6.45, 7) is 0. The fraction of sp³-hybridized carbons (Fsp3) is 0.111. The van der Waals surface area contributed by atoms with Gasteiger partial charge >= 0.3 is 0 Å². The van der Waals surface area contributed by atoms with Gasteiger partial charge in [-0.25, -0.2) is 0 Å². The highest BCUT2D eigenvalue weighted by molar-refractivity contribution is 6.35. The number of fused-ring (bicyclic) bond motifs is 1. The van der Waals surface area contributed by atoms with Crippen LogP contribution in [0.5, 0.6) is 0 Å². The van der Waals surface area contributed by atoms with E-state index in [4.69, 9.17) is 11.6 Å². The molecule has 13 heavy (non-hydrogen) atoms. The summed E-state index contributed by atoms with van der Waals surface area (Å²) in [6, 6.07) is 0. The number of rotatable bonds is 1. The summed E-state index contributed by atoms with van der Waals surface area (Å²) in [6.07, 6.45) is 5.74. The van der Waals surface area contributed by atoms with Crippen LogP contribution in [0.25, 0.3) is 10.9 Å². The fourth-order valence-electron chi connectivity index (χ4n) is 1.43. The predicted octanol–water partition coefficient (Wildman–Crippen LogP) is 2.04. The van der Waals surface area contributed by atoms with Crippen molar-refractivity contribution in [3.63, 3.8) is 0 Å². The van der Waals surface area contributed by atoms with Gasteiger partial charge in [0.2, 0.25) is 0 Å². The van der Waals surface area contributed by atoms with Crippen LogP contribution in [0.1, 0.15) is 10.4 Å². The maximum Gasteiger partial charge on any atom is 0.153 e. The average molecular weight is 195 g/mol. The zero-order valence-electron chi connectivity index (χ0n) is 6.99. The van der Waals surface area contributed by atoms with E-state index in [-0.39, 0.29) is 0 Å². The number of carbonyl (C=O) groups is 1. The molecule has 0 saturated heterocycles. The number of pyridine rings is 1. The molecule has 0 atom stereocenters. The van der Waals surface area contributed by atoms with Crippen LogP contribution in [-0.2, 0) is 7.05 Å². The number of aryl methyl sites for hydroxylation is 1. The molecule has 0 aliphatic carbocycles. The number of aldehydes is 1. The van der Waals surface area contributed by atoms with Gasteiger partial charge in [0.1, 0.15) is 0 Å². The molecule has 2 heterocycles. The summed E-state index contributed by atoms with van der Waals surface area (Å²) in [7, 11) is 1.85. The van der Waals surface area contributed by atoms with Gasteiger partial charge in [0, 0.05) is 31.0 Å². The molecule has 66 valence electrons. The second kappa shape index (κ2) is 2.85. The lowest BCUT2D eigenvalue weighted by atomic mass is 10.2. The van der Waals surface area contributed by atoms with Crippen molar-refractivity contribution >= 4 is 28.8 Å². The molecule has 0 unspecified atom stereocenters. The van der Waals surface area contributed by atoms with E-state index in [2.05, 4.69) is 4.98 Å². The van der Waals surface area contributed by atoms with Gasteiger partial charge < -0.3 is 4.57 Å². The quantitative estimate of drug-likeness (QED) is 0.652. The second-order valence-corrected chi connectivity index (χ2v) is 3.24. The van der Waals surface area contributed by atoms with Crippen molar-refractivity contribution in [2.24, 2.45) is 7.05 Å². The van der Waals surface area contributed by atoms with Gasteiger partial charge in [-0.2, -0.15) is 0 Å². The molecule has 4 heteroatoms. The number of nitrogens with zero attached hydrogens (tertiary/aromatic N) is 2. The molecule has 3 nitrogen and oxygen atoms in total. The Morgan fingerprint density at radius 3 is 3.00 bits per heavy atom. The normalized spacial score (nSPS) is 10.6. The number of carbonyl (C=O) groups excluding carboxylic acids is 1. The smallest absolute Gasteiger partial charge is 0.153 e. The molecule has 2 aromatic heterocycles. The highest BCUT2D eigenvalue weighted by Gasteiger charge is 2.08. The van der Waals surface area contributed by atoms with Crippen LogP contribution in [-0.4, -0.2) is 15.8 Å². The van der Waals surface area contributed by atoms with E-state index in [1.807, 2.05) is 11.6 Å². The predicted molar refractivity (Wildman–Crippen MR) is 51.1 cm³/mol. The van der Waals surface area contributed by atoms with Gasteiger partial charge in [-0.3, -0.25) is 9.78 Å². The molecule has 0 bridgehead atoms. The van der Waals surface area contributed by atoms with Crippen molar-refractivity contribution in [1.29, 1.82) is 0 Å². The molecule has 2 rings (SSSR count). The molecule has 0 amide bonds. The first kappa shape index (κ1) is 8.26. The minimum atomic E-state index is 0.562. The van der Waals surface area contributed by atoms with Crippen LogP contribution in [0.3, 0.4) is 0 Å². The van der Waals surface area contributed by atoms with E-state index in [1.165, 1.54) is 6.20 Å². The lowest BCUT2D eigenvalue weighted by Crippen LogP contribution is -1.91. The van der Waals surface area contributed by atoms with Crippen molar-refractivity contribution in [2.45, 2.75) is 0 Å². The molecular formula is C9H7ClN2O. The summed E-state index contributed by atoms with van der Waals surface area (Å²) < 4.78 is 1.82. The number of halogens is 1. The van der Waals surface area contributed by atoms with Crippen LogP contribution >= 0.6 is 11.6 Å². The molecule has 0 N–H and O–H groups in total. The molecule has 0 aromatic carbocycles. The van der Waals surface area contributed by atoms with Crippen molar-refractivity contribution in [2.75, 3.05) is 0 Å². The van der Waals surface area contributed by atoms with Crippen molar-refractivity contribution in [1.82, 2.24) is 9.55 Å². The molecular weight excluding hydrogens is 188 g/mol. The van der Waals surface area contributed by atoms with Crippen LogP contribution in [0.4, 0.5) is 0 Å². The lowest BCUT2D eigenvalue weighted by molar-refractivity contribution is 0.112. The monoisotopic (exact) mass is 194 g/mol. The number of hydrogen-bond donors (Lipinski definition) is 0. The fourth-order valence-corrected chi connectivity index (χ4v) is 1.71. The van der Waals surface area contributed by atoms with Crippen molar-refractivity contribution < 1.29 is 4.79 Å². The van der Waals surface area contributed by atoms with E-state index < -0.39 is 0 Å². The molecule has 0 aliphatic rings. The highest BCUT2D eigenvalue weighted by atomic mass is 35.5. The largest absolute Gasteiger partial charge is 0.348 e. The lowest BCUT2D eigenvalue weighted by Gasteiger charge is -1.97. The standard InChI is InChI=1S/C9H7ClN2O/c1-12-4-8(10)7-3-11-2-6(5-13)9(7)12/h2-5H,1H3. The van der Waals surface area contributed by atoms with E-state index in [0.29, 0.717) is 10.6 Å². The molecule has 0 aliphatic heterocycles. The first-order valence-corrected chi connectivity index (χ1v) is 4.15. The highest BCUT2D eigenvalue weighted by Crippen LogP contribution is 2.25. The maximum atomic E-state index is 10.7. The van der Waals surface area contributed by atoms with E-state index in [9.17, 15) is 4.79 Å². The van der Waals surface area contributed by atoms with Crippen LogP contribution < -0.4 is 0 Å². The minimum Gasteiger partial charge on any atom is -0.348 e. The Labute approximate surface area is 79.9 Å². The SMILES string of the molecule is Cn1cc(Cl)c2cncc(C=O)c21. The topological polar surface area (TPSA) is 34.9 Å². The maximum absolute atomic E-state index is 10.7. The second-order valence-electron chi connectivity index (χ2n) is 2.83. The molecule has 0 fully saturated rings. The first-order valence-electron chi connectivity index (χ1n) is 3.77. The van der Waals surface area contributed by atoms with Gasteiger partial charge in [0.15, 0.2) is 6.29 Å². The Bertz CT molecular complexity index is 476. The summed E-state index contributed by atoms with van der Waals surface area (Å²) in [5.41, 5.74) is 1.39. The van der Waals surface area contributed by atoms with Crippen molar-refractivity contribution in [3.05, 3.63) is 29.2 Å². The van der Waals surface area contributed by atoms with E-state index >= 15 is 0 Å². The Kier molecular flexibility index (Phi) is 1.81. The van der Waals surface area contributed by atoms with Gasteiger partial charge in [0.25, 0.3) is 0 Å². The number of hydrogen-bond acceptors (Lipinski definition) is 2. The number of aromatic nitrogens is 2. The zero-order valence-corrected chi connectivity index (χ0v) is 7.75. The Morgan fingerprint density at radius 2 is 2.31 bits per heavy atom. The minimum absolute atomic E-state index is 0.562. The third-order valence-electron chi connectivity index (χ3n) is 1.99. The first-order chi connectivity index (χ1) is 6.24. The van der Waals surface area contributed by atoms with Crippen LogP contribution in [0.2, 0.25) is 5.02 Å². The van der Waals surface area contributed by atoms with Gasteiger partial charge in [-0.05, 0) is 0 Å². The Morgan fingerprint density at radius 1 is 1.54 bits per heavy atom. The summed E-state index contributed by atoms with van der Waals surface area (Å²) in [5.74, 6) is 0. The van der Waals surface area contributed by atoms with Gasteiger partial charge in [-0.1, -0.05) is 11.6 Å². The summed E-state index contributed by atoms with van der Waals surface area (Å²) in [4.78, 5) is 14.6. The average Bonchev–Trinajstić information content (AvgIpc) is 2.43. The molecule has 0 radical (unpaired) electrons. The van der Waals surface area contributed by atoms with Crippen molar-refractivity contribution in [3.8, 4) is 0 Å². The summed E-state index contributed by atoms with van der Waals surface area (Å²) >= 11 is 5.93. The third kappa shape index (κ3) is 1.12. The Hall–Kier alpha value is -1.35. The van der Waals surface area contributed by atoms with Crippen LogP contribution in [0, 0.1) is 0 Å². The summed E-state index contributed by atoms with van der Waals surface area (Å²) in [5, 5.41) is 1.43.